The lowest BCUT2D eigenvalue weighted by Gasteiger charge is -2.13. The van der Waals surface area contributed by atoms with Crippen molar-refractivity contribution in [2.75, 3.05) is 10.6 Å². The first-order chi connectivity index (χ1) is 12.1. The van der Waals surface area contributed by atoms with E-state index in [0.717, 1.165) is 28.3 Å². The molecule has 0 fully saturated rings. The normalized spacial score (nSPS) is 10.5. The van der Waals surface area contributed by atoms with E-state index in [4.69, 9.17) is 0 Å². The molecular weight excluding hydrogens is 312 g/mol. The molecule has 2 N–H and O–H groups in total. The van der Waals surface area contributed by atoms with Crippen LogP contribution >= 0.6 is 0 Å². The third kappa shape index (κ3) is 3.69. The Morgan fingerprint density at radius 2 is 1.56 bits per heavy atom. The summed E-state index contributed by atoms with van der Waals surface area (Å²) in [5, 5.41) is 7.48. The standard InChI is InChI=1S/C21H20N2O2/c1-3-15-10-6-7-14(2)19(15)23-21(25)20(24)22-18-12-11-16-8-4-5-9-17(16)13-18/h4-13H,3H2,1-2H3,(H,22,24)(H,23,25). The average Bonchev–Trinajstić information content (AvgIpc) is 2.63. The van der Waals surface area contributed by atoms with Gasteiger partial charge >= 0.3 is 11.8 Å². The number of nitrogens with one attached hydrogen (secondary N) is 2. The molecule has 0 aliphatic heterocycles. The summed E-state index contributed by atoms with van der Waals surface area (Å²) < 4.78 is 0. The third-order valence-corrected chi connectivity index (χ3v) is 4.19. The number of carbonyl (C=O) groups is 2. The lowest BCUT2D eigenvalue weighted by Crippen LogP contribution is -2.29. The van der Waals surface area contributed by atoms with Crippen LogP contribution in [0.25, 0.3) is 10.8 Å². The van der Waals surface area contributed by atoms with Crippen LogP contribution in [0.1, 0.15) is 18.1 Å². The summed E-state index contributed by atoms with van der Waals surface area (Å²) in [5.41, 5.74) is 3.25. The first-order valence-electron chi connectivity index (χ1n) is 8.28. The number of hydrogen-bond acceptors (Lipinski definition) is 2. The highest BCUT2D eigenvalue weighted by atomic mass is 16.2. The molecule has 0 aliphatic carbocycles. The molecule has 126 valence electrons. The molecule has 3 aromatic rings. The average molecular weight is 332 g/mol. The molecular formula is C21H20N2O2. The number of carbonyl (C=O) groups excluding carboxylic acids is 2. The van der Waals surface area contributed by atoms with E-state index in [1.807, 2.05) is 68.4 Å². The van der Waals surface area contributed by atoms with Crippen LogP contribution in [0, 0.1) is 6.92 Å². The number of aryl methyl sites for hydroxylation is 2. The predicted octanol–water partition coefficient (Wildman–Crippen LogP) is 4.29. The van der Waals surface area contributed by atoms with E-state index in [1.54, 1.807) is 6.07 Å². The highest BCUT2D eigenvalue weighted by molar-refractivity contribution is 6.43. The van der Waals surface area contributed by atoms with Gasteiger partial charge in [0.2, 0.25) is 0 Å². The zero-order valence-corrected chi connectivity index (χ0v) is 14.3. The molecule has 25 heavy (non-hydrogen) atoms. The summed E-state index contributed by atoms with van der Waals surface area (Å²) in [4.78, 5) is 24.5. The first-order valence-corrected chi connectivity index (χ1v) is 8.28. The van der Waals surface area contributed by atoms with E-state index < -0.39 is 11.8 Å². The SMILES string of the molecule is CCc1cccc(C)c1NC(=O)C(=O)Nc1ccc2ccccc2c1. The van der Waals surface area contributed by atoms with Crippen molar-refractivity contribution in [3.8, 4) is 0 Å². The summed E-state index contributed by atoms with van der Waals surface area (Å²) in [6, 6.07) is 19.2. The molecule has 0 aromatic heterocycles. The van der Waals surface area contributed by atoms with Gasteiger partial charge in [-0.3, -0.25) is 9.59 Å². The van der Waals surface area contributed by atoms with Gasteiger partial charge in [0.1, 0.15) is 0 Å². The Balaban J connectivity index is 1.75. The minimum atomic E-state index is -0.680. The lowest BCUT2D eigenvalue weighted by molar-refractivity contribution is -0.133. The number of hydrogen-bond donors (Lipinski definition) is 2. The maximum atomic E-state index is 12.3. The van der Waals surface area contributed by atoms with E-state index in [-0.39, 0.29) is 0 Å². The molecule has 2 amide bonds. The van der Waals surface area contributed by atoms with Crippen molar-refractivity contribution in [2.45, 2.75) is 20.3 Å². The molecule has 0 heterocycles. The Labute approximate surface area is 146 Å². The number of benzene rings is 3. The maximum Gasteiger partial charge on any atom is 0.314 e. The molecule has 3 aromatic carbocycles. The molecule has 0 radical (unpaired) electrons. The molecule has 0 saturated heterocycles. The van der Waals surface area contributed by atoms with Gasteiger partial charge in [-0.1, -0.05) is 55.5 Å². The molecule has 0 atom stereocenters. The number of para-hydroxylation sites is 1. The van der Waals surface area contributed by atoms with E-state index in [2.05, 4.69) is 10.6 Å². The summed E-state index contributed by atoms with van der Waals surface area (Å²) in [5.74, 6) is -1.35. The smallest absolute Gasteiger partial charge is 0.314 e. The molecule has 0 saturated carbocycles. The van der Waals surface area contributed by atoms with Crippen molar-refractivity contribution in [1.82, 2.24) is 0 Å². The van der Waals surface area contributed by atoms with Gasteiger partial charge in [0.05, 0.1) is 0 Å². The van der Waals surface area contributed by atoms with Crippen LogP contribution in [-0.4, -0.2) is 11.8 Å². The van der Waals surface area contributed by atoms with Gasteiger partial charge < -0.3 is 10.6 Å². The summed E-state index contributed by atoms with van der Waals surface area (Å²) in [6.45, 7) is 3.93. The van der Waals surface area contributed by atoms with Crippen LogP contribution in [0.4, 0.5) is 11.4 Å². The van der Waals surface area contributed by atoms with Crippen molar-refractivity contribution >= 4 is 34.0 Å². The molecule has 3 rings (SSSR count). The van der Waals surface area contributed by atoms with Gasteiger partial charge in [-0.05, 0) is 47.4 Å². The van der Waals surface area contributed by atoms with E-state index >= 15 is 0 Å². The molecule has 4 nitrogen and oxygen atoms in total. The summed E-state index contributed by atoms with van der Waals surface area (Å²) >= 11 is 0. The van der Waals surface area contributed by atoms with Gasteiger partial charge in [-0.15, -0.1) is 0 Å². The number of rotatable bonds is 3. The minimum Gasteiger partial charge on any atom is -0.318 e. The van der Waals surface area contributed by atoms with Crippen molar-refractivity contribution in [3.05, 3.63) is 71.8 Å². The van der Waals surface area contributed by atoms with Crippen molar-refractivity contribution < 1.29 is 9.59 Å². The van der Waals surface area contributed by atoms with E-state index in [0.29, 0.717) is 11.4 Å². The molecule has 0 spiro atoms. The summed E-state index contributed by atoms with van der Waals surface area (Å²) in [6.07, 6.45) is 0.781. The Morgan fingerprint density at radius 3 is 2.32 bits per heavy atom. The Hall–Kier alpha value is -3.14. The maximum absolute atomic E-state index is 12.3. The quantitative estimate of drug-likeness (QED) is 0.703. The predicted molar refractivity (Wildman–Crippen MR) is 102 cm³/mol. The minimum absolute atomic E-state index is 0.597. The Bertz CT molecular complexity index is 948. The van der Waals surface area contributed by atoms with Crippen LogP contribution in [0.3, 0.4) is 0 Å². The van der Waals surface area contributed by atoms with Crippen LogP contribution in [0.15, 0.2) is 60.7 Å². The second-order valence-electron chi connectivity index (χ2n) is 5.93. The first kappa shape index (κ1) is 16.7. The van der Waals surface area contributed by atoms with Crippen LogP contribution < -0.4 is 10.6 Å². The monoisotopic (exact) mass is 332 g/mol. The van der Waals surface area contributed by atoms with E-state index in [1.165, 1.54) is 0 Å². The van der Waals surface area contributed by atoms with Gasteiger partial charge in [0, 0.05) is 11.4 Å². The Morgan fingerprint density at radius 1 is 0.840 bits per heavy atom. The third-order valence-electron chi connectivity index (χ3n) is 4.19. The largest absolute Gasteiger partial charge is 0.318 e. The molecule has 4 heteroatoms. The van der Waals surface area contributed by atoms with E-state index in [9.17, 15) is 9.59 Å². The highest BCUT2D eigenvalue weighted by Crippen LogP contribution is 2.22. The summed E-state index contributed by atoms with van der Waals surface area (Å²) in [7, 11) is 0. The van der Waals surface area contributed by atoms with Crippen molar-refractivity contribution in [1.29, 1.82) is 0 Å². The van der Waals surface area contributed by atoms with Gasteiger partial charge in [-0.2, -0.15) is 0 Å². The van der Waals surface area contributed by atoms with Crippen LogP contribution in [0.5, 0.6) is 0 Å². The van der Waals surface area contributed by atoms with Gasteiger partial charge in [0.15, 0.2) is 0 Å². The zero-order chi connectivity index (χ0) is 17.8. The number of fused-ring (bicyclic) bond motifs is 1. The topological polar surface area (TPSA) is 58.2 Å². The molecule has 0 aliphatic rings. The lowest BCUT2D eigenvalue weighted by atomic mass is 10.1. The molecule has 0 unspecified atom stereocenters. The second kappa shape index (κ2) is 7.18. The fourth-order valence-electron chi connectivity index (χ4n) is 2.83. The van der Waals surface area contributed by atoms with Crippen molar-refractivity contribution in [3.63, 3.8) is 0 Å². The number of amides is 2. The fraction of sp³-hybridized carbons (Fsp3) is 0.143. The van der Waals surface area contributed by atoms with Crippen LogP contribution in [-0.2, 0) is 16.0 Å². The zero-order valence-electron chi connectivity index (χ0n) is 14.3. The number of anilines is 2. The van der Waals surface area contributed by atoms with Crippen LogP contribution in [0.2, 0.25) is 0 Å². The second-order valence-corrected chi connectivity index (χ2v) is 5.93. The van der Waals surface area contributed by atoms with Gasteiger partial charge in [-0.25, -0.2) is 0 Å². The fourth-order valence-corrected chi connectivity index (χ4v) is 2.83. The Kier molecular flexibility index (Phi) is 4.80. The van der Waals surface area contributed by atoms with Crippen molar-refractivity contribution in [2.24, 2.45) is 0 Å². The molecule has 0 bridgehead atoms. The highest BCUT2D eigenvalue weighted by Gasteiger charge is 2.16. The van der Waals surface area contributed by atoms with Gasteiger partial charge in [0.25, 0.3) is 0 Å².